The van der Waals surface area contributed by atoms with Gasteiger partial charge in [-0.25, -0.2) is 4.39 Å². The average molecular weight is 225 g/mol. The summed E-state index contributed by atoms with van der Waals surface area (Å²) in [6.45, 7) is 0.405. The van der Waals surface area contributed by atoms with Gasteiger partial charge in [-0.1, -0.05) is 6.07 Å². The predicted molar refractivity (Wildman–Crippen MR) is 54.6 cm³/mol. The Kier molecular flexibility index (Phi) is 2.55. The molecule has 0 aromatic heterocycles. The predicted octanol–water partition coefficient (Wildman–Crippen LogP) is 0.588. The summed E-state index contributed by atoms with van der Waals surface area (Å²) in [5.41, 5.74) is 4.96. The van der Waals surface area contributed by atoms with E-state index < -0.39 is 17.1 Å². The van der Waals surface area contributed by atoms with Crippen molar-refractivity contribution < 1.29 is 18.7 Å². The SMILES string of the molecule is COc1ccc(C2(C(N)=O)COC2)cc1F. The van der Waals surface area contributed by atoms with Crippen molar-refractivity contribution in [2.75, 3.05) is 20.3 Å². The van der Waals surface area contributed by atoms with Gasteiger partial charge in [0.15, 0.2) is 11.6 Å². The summed E-state index contributed by atoms with van der Waals surface area (Å²) < 4.78 is 23.3. The van der Waals surface area contributed by atoms with Crippen LogP contribution in [0.2, 0.25) is 0 Å². The minimum atomic E-state index is -0.882. The highest BCUT2D eigenvalue weighted by Gasteiger charge is 2.46. The molecule has 0 unspecified atom stereocenters. The Morgan fingerprint density at radius 3 is 2.62 bits per heavy atom. The molecular formula is C11H12FNO3. The number of primary amides is 1. The number of ether oxygens (including phenoxy) is 2. The Morgan fingerprint density at radius 1 is 1.56 bits per heavy atom. The van der Waals surface area contributed by atoms with Crippen LogP contribution >= 0.6 is 0 Å². The molecule has 0 saturated carbocycles. The fraction of sp³-hybridized carbons (Fsp3) is 0.364. The summed E-state index contributed by atoms with van der Waals surface area (Å²) >= 11 is 0. The second-order valence-electron chi connectivity index (χ2n) is 3.79. The maximum absolute atomic E-state index is 13.5. The van der Waals surface area contributed by atoms with E-state index in [9.17, 15) is 9.18 Å². The molecule has 1 saturated heterocycles. The molecule has 4 nitrogen and oxygen atoms in total. The highest BCUT2D eigenvalue weighted by Crippen LogP contribution is 2.34. The lowest BCUT2D eigenvalue weighted by Gasteiger charge is -2.38. The summed E-state index contributed by atoms with van der Waals surface area (Å²) in [4.78, 5) is 11.4. The number of methoxy groups -OCH3 is 1. The first-order chi connectivity index (χ1) is 7.60. The van der Waals surface area contributed by atoms with Crippen LogP contribution in [0.5, 0.6) is 5.75 Å². The quantitative estimate of drug-likeness (QED) is 0.818. The highest BCUT2D eigenvalue weighted by atomic mass is 19.1. The number of hydrogen-bond donors (Lipinski definition) is 1. The van der Waals surface area contributed by atoms with E-state index in [4.69, 9.17) is 15.2 Å². The van der Waals surface area contributed by atoms with Gasteiger partial charge in [-0.3, -0.25) is 4.79 Å². The van der Waals surface area contributed by atoms with Gasteiger partial charge in [0.1, 0.15) is 5.41 Å². The van der Waals surface area contributed by atoms with E-state index in [2.05, 4.69) is 0 Å². The lowest BCUT2D eigenvalue weighted by molar-refractivity contribution is -0.141. The summed E-state index contributed by atoms with van der Waals surface area (Å²) in [7, 11) is 1.38. The van der Waals surface area contributed by atoms with Gasteiger partial charge in [-0.05, 0) is 17.7 Å². The topological polar surface area (TPSA) is 61.5 Å². The maximum atomic E-state index is 13.5. The molecule has 1 aromatic rings. The van der Waals surface area contributed by atoms with Crippen molar-refractivity contribution in [3.05, 3.63) is 29.6 Å². The molecule has 1 aliphatic heterocycles. The maximum Gasteiger partial charge on any atom is 0.232 e. The molecule has 1 fully saturated rings. The van der Waals surface area contributed by atoms with Gasteiger partial charge >= 0.3 is 0 Å². The molecule has 1 aromatic carbocycles. The summed E-state index contributed by atoms with van der Waals surface area (Å²) in [6.07, 6.45) is 0. The molecule has 1 heterocycles. The number of rotatable bonds is 3. The zero-order chi connectivity index (χ0) is 11.8. The Hall–Kier alpha value is -1.62. The largest absolute Gasteiger partial charge is 0.494 e. The van der Waals surface area contributed by atoms with Crippen LogP contribution in [0.4, 0.5) is 4.39 Å². The standard InChI is InChI=1S/C11H12FNO3/c1-15-9-3-2-7(4-8(9)12)11(10(13)14)5-16-6-11/h2-4H,5-6H2,1H3,(H2,13,14). The molecule has 1 amide bonds. The number of carbonyl (C=O) groups is 1. The number of benzene rings is 1. The van der Waals surface area contributed by atoms with E-state index in [1.165, 1.54) is 19.2 Å². The number of nitrogens with two attached hydrogens (primary N) is 1. The Labute approximate surface area is 92.1 Å². The second-order valence-corrected chi connectivity index (χ2v) is 3.79. The minimum Gasteiger partial charge on any atom is -0.494 e. The van der Waals surface area contributed by atoms with Crippen LogP contribution in [0.3, 0.4) is 0 Å². The summed E-state index contributed by atoms with van der Waals surface area (Å²) in [6, 6.07) is 4.38. The molecule has 2 N–H and O–H groups in total. The van der Waals surface area contributed by atoms with Gasteiger partial charge in [0.05, 0.1) is 20.3 Å². The van der Waals surface area contributed by atoms with Crippen LogP contribution in [0.1, 0.15) is 5.56 Å². The zero-order valence-corrected chi connectivity index (χ0v) is 8.83. The smallest absolute Gasteiger partial charge is 0.232 e. The molecule has 0 aliphatic carbocycles. The molecule has 5 heteroatoms. The van der Waals surface area contributed by atoms with Crippen molar-refractivity contribution in [2.45, 2.75) is 5.41 Å². The van der Waals surface area contributed by atoms with Crippen LogP contribution in [-0.4, -0.2) is 26.2 Å². The fourth-order valence-electron chi connectivity index (χ4n) is 1.72. The lowest BCUT2D eigenvalue weighted by atomic mass is 9.78. The molecule has 16 heavy (non-hydrogen) atoms. The van der Waals surface area contributed by atoms with Crippen molar-refractivity contribution >= 4 is 5.91 Å². The number of carbonyl (C=O) groups excluding carboxylic acids is 1. The van der Waals surface area contributed by atoms with Crippen molar-refractivity contribution in [2.24, 2.45) is 5.73 Å². The third-order valence-electron chi connectivity index (χ3n) is 2.87. The van der Waals surface area contributed by atoms with Gasteiger partial charge in [-0.15, -0.1) is 0 Å². The molecule has 0 spiro atoms. The molecule has 0 bridgehead atoms. The van der Waals surface area contributed by atoms with Crippen LogP contribution in [0, 0.1) is 5.82 Å². The van der Waals surface area contributed by atoms with E-state index in [0.717, 1.165) is 0 Å². The molecule has 0 radical (unpaired) electrons. The highest BCUT2D eigenvalue weighted by molar-refractivity contribution is 5.88. The van der Waals surface area contributed by atoms with E-state index in [-0.39, 0.29) is 19.0 Å². The monoisotopic (exact) mass is 225 g/mol. The van der Waals surface area contributed by atoms with E-state index in [1.807, 2.05) is 0 Å². The minimum absolute atomic E-state index is 0.142. The zero-order valence-electron chi connectivity index (χ0n) is 8.83. The number of halogens is 1. The second kappa shape index (κ2) is 3.75. The van der Waals surface area contributed by atoms with Gasteiger partial charge in [0.2, 0.25) is 5.91 Å². The van der Waals surface area contributed by atoms with Gasteiger partial charge in [0.25, 0.3) is 0 Å². The van der Waals surface area contributed by atoms with Crippen molar-refractivity contribution in [3.63, 3.8) is 0 Å². The Bertz CT molecular complexity index is 429. The van der Waals surface area contributed by atoms with Crippen molar-refractivity contribution in [3.8, 4) is 5.75 Å². The number of hydrogen-bond acceptors (Lipinski definition) is 3. The molecule has 0 atom stereocenters. The van der Waals surface area contributed by atoms with Gasteiger partial charge < -0.3 is 15.2 Å². The van der Waals surface area contributed by atoms with Crippen molar-refractivity contribution in [1.29, 1.82) is 0 Å². The van der Waals surface area contributed by atoms with Crippen LogP contribution in [0.15, 0.2) is 18.2 Å². The summed E-state index contributed by atoms with van der Waals surface area (Å²) in [5.74, 6) is -0.862. The Balaban J connectivity index is 2.40. The van der Waals surface area contributed by atoms with Crippen LogP contribution in [0.25, 0.3) is 0 Å². The number of amides is 1. The molecule has 1 aliphatic rings. The van der Waals surface area contributed by atoms with Crippen molar-refractivity contribution in [1.82, 2.24) is 0 Å². The fourth-order valence-corrected chi connectivity index (χ4v) is 1.72. The molecule has 86 valence electrons. The van der Waals surface area contributed by atoms with E-state index >= 15 is 0 Å². The van der Waals surface area contributed by atoms with Gasteiger partial charge in [0, 0.05) is 0 Å². The normalized spacial score (nSPS) is 17.6. The van der Waals surface area contributed by atoms with Crippen LogP contribution < -0.4 is 10.5 Å². The third-order valence-corrected chi connectivity index (χ3v) is 2.87. The van der Waals surface area contributed by atoms with E-state index in [1.54, 1.807) is 6.07 Å². The van der Waals surface area contributed by atoms with Gasteiger partial charge in [-0.2, -0.15) is 0 Å². The first kappa shape index (κ1) is 10.9. The first-order valence-corrected chi connectivity index (χ1v) is 4.82. The lowest BCUT2D eigenvalue weighted by Crippen LogP contribution is -2.56. The van der Waals surface area contributed by atoms with E-state index in [0.29, 0.717) is 5.56 Å². The first-order valence-electron chi connectivity index (χ1n) is 4.82. The summed E-state index contributed by atoms with van der Waals surface area (Å²) in [5, 5.41) is 0. The molecule has 2 rings (SSSR count). The molecular weight excluding hydrogens is 213 g/mol. The third kappa shape index (κ3) is 1.44. The Morgan fingerprint density at radius 2 is 2.25 bits per heavy atom. The average Bonchev–Trinajstić information content (AvgIpc) is 2.15. The van der Waals surface area contributed by atoms with Crippen LogP contribution in [-0.2, 0) is 14.9 Å².